The Bertz CT molecular complexity index is 1290. The maximum Gasteiger partial charge on any atom is 0.307 e. The molecular weight excluding hydrogens is 430 g/mol. The Labute approximate surface area is 186 Å². The van der Waals surface area contributed by atoms with E-state index in [0.717, 1.165) is 23.1 Å². The topological polar surface area (TPSA) is 107 Å². The Kier molecular flexibility index (Phi) is 5.94. The molecule has 0 bridgehead atoms. The summed E-state index contributed by atoms with van der Waals surface area (Å²) in [5, 5.41) is -0.112. The van der Waals surface area contributed by atoms with E-state index in [1.165, 1.54) is 11.8 Å². The van der Waals surface area contributed by atoms with Gasteiger partial charge in [-0.1, -0.05) is 36.4 Å². The van der Waals surface area contributed by atoms with Crippen LogP contribution in [0.1, 0.15) is 33.7 Å². The summed E-state index contributed by atoms with van der Waals surface area (Å²) in [6.45, 7) is 1.14. The quantitative estimate of drug-likeness (QED) is 0.324. The Hall–Kier alpha value is -3.30. The molecule has 0 spiro atoms. The molecule has 0 fully saturated rings. The normalized spacial score (nSPS) is 12.3. The van der Waals surface area contributed by atoms with Gasteiger partial charge >= 0.3 is 5.97 Å². The second-order valence-corrected chi connectivity index (χ2v) is 9.39. The number of carbonyl (C=O) groups excluding carboxylic acids is 2. The highest BCUT2D eigenvalue weighted by atomic mass is 32.2. The van der Waals surface area contributed by atoms with Crippen molar-refractivity contribution in [3.05, 3.63) is 71.2 Å². The number of fused-ring (bicyclic) bond motifs is 3. The third-order valence-corrected chi connectivity index (χ3v) is 6.80. The Morgan fingerprint density at radius 1 is 1.12 bits per heavy atom. The summed E-state index contributed by atoms with van der Waals surface area (Å²) in [4.78, 5) is 28.5. The summed E-state index contributed by atoms with van der Waals surface area (Å²) in [5.41, 5.74) is 5.00. The fraction of sp³-hybridized carbons (Fsp3) is 0.261. The highest BCUT2D eigenvalue weighted by molar-refractivity contribution is 7.89. The summed E-state index contributed by atoms with van der Waals surface area (Å²) in [6.07, 6.45) is 2.03. The fourth-order valence-electron chi connectivity index (χ4n) is 3.62. The minimum atomic E-state index is -3.82. The van der Waals surface area contributed by atoms with Crippen molar-refractivity contribution in [1.82, 2.24) is 14.3 Å². The molecule has 1 heterocycles. The van der Waals surface area contributed by atoms with Crippen molar-refractivity contribution >= 4 is 21.8 Å². The van der Waals surface area contributed by atoms with Gasteiger partial charge < -0.3 is 9.30 Å². The molecule has 0 saturated carbocycles. The molecule has 0 saturated heterocycles. The van der Waals surface area contributed by atoms with E-state index in [-0.39, 0.29) is 23.8 Å². The van der Waals surface area contributed by atoms with Gasteiger partial charge in [0.1, 0.15) is 5.82 Å². The van der Waals surface area contributed by atoms with Crippen molar-refractivity contribution in [3.63, 3.8) is 0 Å². The third-order valence-electron chi connectivity index (χ3n) is 5.47. The van der Waals surface area contributed by atoms with Crippen LogP contribution in [-0.4, -0.2) is 42.9 Å². The highest BCUT2D eigenvalue weighted by Crippen LogP contribution is 2.36. The van der Waals surface area contributed by atoms with Crippen LogP contribution in [0, 0.1) is 6.92 Å². The maximum absolute atomic E-state index is 12.5. The van der Waals surface area contributed by atoms with Crippen LogP contribution in [0.5, 0.6) is 0 Å². The lowest BCUT2D eigenvalue weighted by Gasteiger charge is -2.07. The first kappa shape index (κ1) is 21.9. The second-order valence-electron chi connectivity index (χ2n) is 7.67. The maximum atomic E-state index is 12.5. The van der Waals surface area contributed by atoms with Gasteiger partial charge in [-0.25, -0.2) is 18.1 Å². The minimum absolute atomic E-state index is 0.112. The lowest BCUT2D eigenvalue weighted by Crippen LogP contribution is -2.27. The number of ether oxygens (including phenoxy) is 1. The van der Waals surface area contributed by atoms with Crippen molar-refractivity contribution < 1.29 is 22.7 Å². The SMILES string of the molecule is Cc1nc(S(=O)(=O)NCCC(=O)OCC(=O)c2ccc3c(c2)-c2ccccc2C3)cn1C. The van der Waals surface area contributed by atoms with E-state index >= 15 is 0 Å². The van der Waals surface area contributed by atoms with Gasteiger partial charge in [-0.05, 0) is 41.7 Å². The molecule has 8 nitrogen and oxygen atoms in total. The van der Waals surface area contributed by atoms with Gasteiger partial charge in [0.25, 0.3) is 10.0 Å². The van der Waals surface area contributed by atoms with Crippen LogP contribution in [0.25, 0.3) is 11.1 Å². The van der Waals surface area contributed by atoms with Gasteiger partial charge in [0, 0.05) is 25.4 Å². The van der Waals surface area contributed by atoms with E-state index in [0.29, 0.717) is 11.4 Å². The number of Topliss-reactive ketones (excluding diaryl/α,β-unsaturated/α-hetero) is 1. The van der Waals surface area contributed by atoms with Crippen molar-refractivity contribution in [2.45, 2.75) is 24.8 Å². The summed E-state index contributed by atoms with van der Waals surface area (Å²) in [6, 6.07) is 13.6. The number of benzene rings is 2. The molecule has 4 rings (SSSR count). The van der Waals surface area contributed by atoms with Crippen LogP contribution < -0.4 is 4.72 Å². The van der Waals surface area contributed by atoms with Crippen LogP contribution in [0.4, 0.5) is 0 Å². The molecule has 0 aliphatic heterocycles. The van der Waals surface area contributed by atoms with Crippen molar-refractivity contribution in [2.24, 2.45) is 7.05 Å². The standard InChI is InChI=1S/C23H23N3O5S/c1-15-25-22(13-26(15)2)32(29,30)24-10-9-23(28)31-14-21(27)18-8-7-17-11-16-5-3-4-6-19(16)20(17)12-18/h3-8,12-13,24H,9-11,14H2,1-2H3. The first-order chi connectivity index (χ1) is 15.2. The zero-order chi connectivity index (χ0) is 22.9. The molecule has 2 aromatic carbocycles. The number of sulfonamides is 1. The molecule has 0 amide bonds. The molecular formula is C23H23N3O5S. The molecule has 32 heavy (non-hydrogen) atoms. The monoisotopic (exact) mass is 453 g/mol. The van der Waals surface area contributed by atoms with Crippen molar-refractivity contribution in [3.8, 4) is 11.1 Å². The number of aryl methyl sites for hydroxylation is 2. The number of hydrogen-bond donors (Lipinski definition) is 1. The number of esters is 1. The Morgan fingerprint density at radius 3 is 2.62 bits per heavy atom. The smallest absolute Gasteiger partial charge is 0.307 e. The molecule has 3 aromatic rings. The van der Waals surface area contributed by atoms with E-state index < -0.39 is 22.6 Å². The lowest BCUT2D eigenvalue weighted by atomic mass is 10.0. The van der Waals surface area contributed by atoms with Crippen LogP contribution >= 0.6 is 0 Å². The fourth-order valence-corrected chi connectivity index (χ4v) is 4.68. The largest absolute Gasteiger partial charge is 0.457 e. The predicted octanol–water partition coefficient (Wildman–Crippen LogP) is 2.39. The number of nitrogens with zero attached hydrogens (tertiary/aromatic N) is 2. The molecule has 166 valence electrons. The van der Waals surface area contributed by atoms with E-state index in [2.05, 4.69) is 15.8 Å². The summed E-state index contributed by atoms with van der Waals surface area (Å²) in [7, 11) is -2.13. The average molecular weight is 454 g/mol. The first-order valence-corrected chi connectivity index (χ1v) is 11.6. The van der Waals surface area contributed by atoms with Gasteiger partial charge in [-0.3, -0.25) is 9.59 Å². The minimum Gasteiger partial charge on any atom is -0.457 e. The average Bonchev–Trinajstić information content (AvgIpc) is 3.31. The molecule has 1 aromatic heterocycles. The third kappa shape index (κ3) is 4.49. The number of ketones is 1. The molecule has 0 radical (unpaired) electrons. The first-order valence-electron chi connectivity index (χ1n) is 10.1. The number of hydrogen-bond acceptors (Lipinski definition) is 6. The number of nitrogens with one attached hydrogen (secondary N) is 1. The molecule has 1 N–H and O–H groups in total. The van der Waals surface area contributed by atoms with Crippen LogP contribution in [-0.2, 0) is 33.0 Å². The lowest BCUT2D eigenvalue weighted by molar-refractivity contribution is -0.142. The molecule has 1 aliphatic rings. The molecule has 9 heteroatoms. The van der Waals surface area contributed by atoms with Gasteiger partial charge in [-0.2, -0.15) is 0 Å². The number of rotatable bonds is 8. The number of carbonyl (C=O) groups is 2. The van der Waals surface area contributed by atoms with E-state index in [9.17, 15) is 18.0 Å². The van der Waals surface area contributed by atoms with Gasteiger partial charge in [0.2, 0.25) is 0 Å². The second kappa shape index (κ2) is 8.68. The zero-order valence-corrected chi connectivity index (χ0v) is 18.6. The molecule has 0 unspecified atom stereocenters. The summed E-state index contributed by atoms with van der Waals surface area (Å²) >= 11 is 0. The van der Waals surface area contributed by atoms with Gasteiger partial charge in [0.15, 0.2) is 17.4 Å². The van der Waals surface area contributed by atoms with E-state index in [1.54, 1.807) is 24.6 Å². The van der Waals surface area contributed by atoms with Gasteiger partial charge in [0.05, 0.1) is 6.42 Å². The summed E-state index contributed by atoms with van der Waals surface area (Å²) < 4.78 is 33.4. The van der Waals surface area contributed by atoms with Crippen LogP contribution in [0.3, 0.4) is 0 Å². The van der Waals surface area contributed by atoms with E-state index in [4.69, 9.17) is 4.74 Å². The zero-order valence-electron chi connectivity index (χ0n) is 17.8. The van der Waals surface area contributed by atoms with Crippen molar-refractivity contribution in [1.29, 1.82) is 0 Å². The Balaban J connectivity index is 1.29. The van der Waals surface area contributed by atoms with Crippen molar-refractivity contribution in [2.75, 3.05) is 13.2 Å². The van der Waals surface area contributed by atoms with Crippen LogP contribution in [0.15, 0.2) is 53.7 Å². The predicted molar refractivity (Wildman–Crippen MR) is 118 cm³/mol. The Morgan fingerprint density at radius 2 is 1.88 bits per heavy atom. The summed E-state index contributed by atoms with van der Waals surface area (Å²) in [5.74, 6) is -0.418. The molecule has 1 aliphatic carbocycles. The highest BCUT2D eigenvalue weighted by Gasteiger charge is 2.21. The van der Waals surface area contributed by atoms with Gasteiger partial charge in [-0.15, -0.1) is 0 Å². The number of aromatic nitrogens is 2. The number of imidazole rings is 1. The van der Waals surface area contributed by atoms with Crippen LogP contribution in [0.2, 0.25) is 0 Å². The molecule has 0 atom stereocenters. The van der Waals surface area contributed by atoms with E-state index in [1.807, 2.05) is 30.3 Å².